The lowest BCUT2D eigenvalue weighted by Gasteiger charge is -2.21. The molecule has 0 spiro atoms. The van der Waals surface area contributed by atoms with Crippen LogP contribution in [0, 0.1) is 17.7 Å². The van der Waals surface area contributed by atoms with E-state index in [0.717, 1.165) is 18.2 Å². The minimum atomic E-state index is -4.76. The zero-order valence-corrected chi connectivity index (χ0v) is 18.3. The number of amides is 1. The van der Waals surface area contributed by atoms with Gasteiger partial charge in [-0.25, -0.2) is 22.0 Å². The summed E-state index contributed by atoms with van der Waals surface area (Å²) in [6.07, 6.45) is -8.03. The van der Waals surface area contributed by atoms with Gasteiger partial charge in [-0.1, -0.05) is 0 Å². The van der Waals surface area contributed by atoms with Crippen molar-refractivity contribution in [1.82, 2.24) is 4.98 Å². The Kier molecular flexibility index (Phi) is 5.63. The van der Waals surface area contributed by atoms with Crippen molar-refractivity contribution >= 4 is 17.6 Å². The molecular weight excluding hydrogens is 506 g/mol. The Labute approximate surface area is 198 Å². The number of anilines is 2. The fourth-order valence-corrected chi connectivity index (χ4v) is 4.68. The van der Waals surface area contributed by atoms with E-state index in [1.54, 1.807) is 0 Å². The number of benzene rings is 1. The van der Waals surface area contributed by atoms with Gasteiger partial charge in [0.1, 0.15) is 12.2 Å². The second-order valence-corrected chi connectivity index (χ2v) is 9.21. The quantitative estimate of drug-likeness (QED) is 0.509. The molecule has 1 aromatic heterocycles. The number of nitrogens with zero attached hydrogens (tertiary/aromatic N) is 2. The van der Waals surface area contributed by atoms with Crippen LogP contribution in [0.3, 0.4) is 0 Å². The molecule has 3 atom stereocenters. The molecule has 2 aliphatic carbocycles. The number of alkyl halides is 7. The molecule has 1 aromatic carbocycles. The van der Waals surface area contributed by atoms with Gasteiger partial charge < -0.3 is 19.4 Å². The van der Waals surface area contributed by atoms with Gasteiger partial charge in [-0.05, 0) is 25.0 Å². The van der Waals surface area contributed by atoms with E-state index in [0.29, 0.717) is 0 Å². The highest BCUT2D eigenvalue weighted by Crippen LogP contribution is 2.59. The number of halogens is 8. The van der Waals surface area contributed by atoms with Crippen molar-refractivity contribution in [3.8, 4) is 5.75 Å². The number of rotatable bonds is 6. The zero-order chi connectivity index (χ0) is 26.0. The molecule has 1 saturated heterocycles. The number of hydrogen-bond donors (Lipinski definition) is 1. The summed E-state index contributed by atoms with van der Waals surface area (Å²) >= 11 is 0. The van der Waals surface area contributed by atoms with Gasteiger partial charge in [0, 0.05) is 31.3 Å². The Morgan fingerprint density at radius 1 is 1.19 bits per heavy atom. The SMILES string of the molecule is O=C(Nc1ccc(OC2CCCC2(F)F)c(F)c1)c1nc(N2CC3C(C2)C3(F)F)oc1CC(F)(F)F. The van der Waals surface area contributed by atoms with E-state index < -0.39 is 77.3 Å². The maximum absolute atomic E-state index is 14.4. The van der Waals surface area contributed by atoms with Crippen molar-refractivity contribution in [3.63, 3.8) is 0 Å². The number of nitrogens with one attached hydrogen (secondary N) is 1. The Morgan fingerprint density at radius 2 is 1.89 bits per heavy atom. The molecule has 1 amide bonds. The molecule has 1 aliphatic heterocycles. The zero-order valence-electron chi connectivity index (χ0n) is 18.3. The monoisotopic (exact) mass is 525 g/mol. The van der Waals surface area contributed by atoms with Crippen LogP contribution in [0.2, 0.25) is 0 Å². The van der Waals surface area contributed by atoms with E-state index in [1.807, 2.05) is 0 Å². The molecule has 0 bridgehead atoms. The van der Waals surface area contributed by atoms with Gasteiger partial charge >= 0.3 is 6.18 Å². The summed E-state index contributed by atoms with van der Waals surface area (Å²) in [4.78, 5) is 17.7. The maximum Gasteiger partial charge on any atom is 0.396 e. The Balaban J connectivity index is 1.32. The average Bonchev–Trinajstić information content (AvgIpc) is 3.25. The van der Waals surface area contributed by atoms with E-state index in [9.17, 15) is 39.9 Å². The van der Waals surface area contributed by atoms with Gasteiger partial charge in [0.15, 0.2) is 23.4 Å². The third-order valence-electron chi connectivity index (χ3n) is 6.64. The second-order valence-electron chi connectivity index (χ2n) is 9.21. The van der Waals surface area contributed by atoms with Crippen LogP contribution in [0.15, 0.2) is 22.6 Å². The fraction of sp³-hybridized carbons (Fsp3) is 0.545. The number of ether oxygens (including phenoxy) is 1. The van der Waals surface area contributed by atoms with Crippen LogP contribution in [0.4, 0.5) is 46.8 Å². The highest BCUT2D eigenvalue weighted by Gasteiger charge is 2.72. The summed E-state index contributed by atoms with van der Waals surface area (Å²) in [7, 11) is 0. The predicted octanol–water partition coefficient (Wildman–Crippen LogP) is 5.44. The summed E-state index contributed by atoms with van der Waals surface area (Å²) in [6, 6.07) is 2.51. The first-order valence-electron chi connectivity index (χ1n) is 11.1. The third kappa shape index (κ3) is 4.57. The van der Waals surface area contributed by atoms with Crippen LogP contribution < -0.4 is 15.0 Å². The van der Waals surface area contributed by atoms with Gasteiger partial charge in [0.05, 0.1) is 11.8 Å². The molecule has 6 nitrogen and oxygen atoms in total. The van der Waals surface area contributed by atoms with E-state index in [4.69, 9.17) is 9.15 Å². The van der Waals surface area contributed by atoms with E-state index in [2.05, 4.69) is 10.3 Å². The summed E-state index contributed by atoms with van der Waals surface area (Å²) in [6.45, 7) is -0.366. The van der Waals surface area contributed by atoms with E-state index >= 15 is 0 Å². The number of carbonyl (C=O) groups is 1. The molecule has 3 fully saturated rings. The highest BCUT2D eigenvalue weighted by molar-refractivity contribution is 6.03. The number of aromatic nitrogens is 1. The topological polar surface area (TPSA) is 67.6 Å². The van der Waals surface area contributed by atoms with Crippen molar-refractivity contribution in [1.29, 1.82) is 0 Å². The lowest BCUT2D eigenvalue weighted by molar-refractivity contribution is -0.130. The largest absolute Gasteiger partial charge is 0.481 e. The molecule has 14 heteroatoms. The first-order valence-corrected chi connectivity index (χ1v) is 11.1. The summed E-state index contributed by atoms with van der Waals surface area (Å²) in [5.41, 5.74) is -0.936. The van der Waals surface area contributed by atoms with Crippen molar-refractivity contribution in [2.24, 2.45) is 11.8 Å². The predicted molar refractivity (Wildman–Crippen MR) is 108 cm³/mol. The van der Waals surface area contributed by atoms with E-state index in [1.165, 1.54) is 4.90 Å². The van der Waals surface area contributed by atoms with Crippen LogP contribution in [0.1, 0.15) is 35.5 Å². The van der Waals surface area contributed by atoms with Crippen molar-refractivity contribution < 1.29 is 49.1 Å². The van der Waals surface area contributed by atoms with Crippen molar-refractivity contribution in [2.75, 3.05) is 23.3 Å². The number of piperidine rings is 1. The number of hydrogen-bond acceptors (Lipinski definition) is 5. The van der Waals surface area contributed by atoms with Gasteiger partial charge in [-0.2, -0.15) is 18.2 Å². The number of oxazole rings is 1. The molecule has 36 heavy (non-hydrogen) atoms. The number of carbonyl (C=O) groups excluding carboxylic acids is 1. The Morgan fingerprint density at radius 3 is 2.47 bits per heavy atom. The molecule has 1 N–H and O–H groups in total. The van der Waals surface area contributed by atoms with Crippen LogP contribution in [0.5, 0.6) is 5.75 Å². The first-order chi connectivity index (χ1) is 16.7. The van der Waals surface area contributed by atoms with Gasteiger partial charge in [0.25, 0.3) is 23.8 Å². The highest BCUT2D eigenvalue weighted by atomic mass is 19.4. The van der Waals surface area contributed by atoms with Crippen LogP contribution in [-0.4, -0.2) is 48.1 Å². The lowest BCUT2D eigenvalue weighted by Crippen LogP contribution is -2.32. The fourth-order valence-electron chi connectivity index (χ4n) is 4.68. The van der Waals surface area contributed by atoms with Gasteiger partial charge in [0.2, 0.25) is 0 Å². The molecule has 5 rings (SSSR count). The standard InChI is InChI=1S/C22H19F8N3O3/c23-13-6-10(3-4-14(13)35-16-2-1-5-20(16,24)25)31-18(34)17-15(7-21(26,27)28)36-19(32-17)33-8-11-12(9-33)22(11,29)30/h3-4,6,11-12,16H,1-2,5,7-9H2,(H,31,34). The molecule has 3 aliphatic rings. The Bertz CT molecular complexity index is 1170. The third-order valence-corrected chi connectivity index (χ3v) is 6.64. The minimum Gasteiger partial charge on any atom is -0.481 e. The van der Waals surface area contributed by atoms with Crippen molar-refractivity contribution in [2.45, 2.75) is 49.8 Å². The molecular formula is C22H19F8N3O3. The Hall–Kier alpha value is -3.06. The van der Waals surface area contributed by atoms with Crippen LogP contribution in [0.25, 0.3) is 0 Å². The molecule has 2 saturated carbocycles. The molecule has 3 unspecified atom stereocenters. The maximum atomic E-state index is 14.4. The van der Waals surface area contributed by atoms with E-state index in [-0.39, 0.29) is 38.0 Å². The van der Waals surface area contributed by atoms with Crippen LogP contribution in [-0.2, 0) is 6.42 Å². The minimum absolute atomic E-state index is 0.0392. The smallest absolute Gasteiger partial charge is 0.396 e. The van der Waals surface area contributed by atoms with Crippen LogP contribution >= 0.6 is 0 Å². The number of fused-ring (bicyclic) bond motifs is 1. The molecule has 2 heterocycles. The summed E-state index contributed by atoms with van der Waals surface area (Å²) in [5, 5.41) is 2.19. The van der Waals surface area contributed by atoms with Crippen molar-refractivity contribution in [3.05, 3.63) is 35.5 Å². The normalized spacial score (nSPS) is 26.1. The van der Waals surface area contributed by atoms with Gasteiger partial charge in [-0.3, -0.25) is 4.79 Å². The second kappa shape index (κ2) is 8.23. The molecule has 2 aromatic rings. The average molecular weight is 525 g/mol. The van der Waals surface area contributed by atoms with Gasteiger partial charge in [-0.15, -0.1) is 0 Å². The molecule has 0 radical (unpaired) electrons. The first kappa shape index (κ1) is 24.6. The lowest BCUT2D eigenvalue weighted by atomic mass is 10.2. The summed E-state index contributed by atoms with van der Waals surface area (Å²) in [5.74, 6) is -11.4. The summed E-state index contributed by atoms with van der Waals surface area (Å²) < 4.78 is 118. The molecule has 196 valence electrons.